The van der Waals surface area contributed by atoms with Crippen LogP contribution in [0.1, 0.15) is 40.0 Å². The Bertz CT molecular complexity index is 1190. The maximum Gasteiger partial charge on any atom is 0.259 e. The van der Waals surface area contributed by atoms with E-state index in [1.807, 2.05) is 62.4 Å². The Kier molecular flexibility index (Phi) is 7.34. The first-order valence-electron chi connectivity index (χ1n) is 11.4. The largest absolute Gasteiger partial charge is 0.376 e. The van der Waals surface area contributed by atoms with Crippen molar-refractivity contribution in [2.24, 2.45) is 0 Å². The van der Waals surface area contributed by atoms with Crippen molar-refractivity contribution in [1.29, 1.82) is 0 Å². The Morgan fingerprint density at radius 2 is 1.91 bits per heavy atom. The summed E-state index contributed by atoms with van der Waals surface area (Å²) in [6.45, 7) is 6.56. The van der Waals surface area contributed by atoms with Gasteiger partial charge in [-0.05, 0) is 62.9 Å². The predicted octanol–water partition coefficient (Wildman–Crippen LogP) is 4.71. The standard InChI is InChI=1S/C26H29ClN4O3/c1-17-9-7-13-22(18(17)2)28-23(32)16-30(15-21-12-8-14-34-21)26(33)24-19(3)29-31(25(24)27)20-10-5-4-6-11-20/h4-7,9-11,13,21H,8,12,14-16H2,1-3H3,(H,28,32)/t21-/m0/s1. The number of halogens is 1. The molecular formula is C26H29ClN4O3. The molecule has 34 heavy (non-hydrogen) atoms. The number of benzene rings is 2. The summed E-state index contributed by atoms with van der Waals surface area (Å²) < 4.78 is 7.31. The minimum atomic E-state index is -0.337. The van der Waals surface area contributed by atoms with Crippen LogP contribution < -0.4 is 5.32 Å². The molecule has 1 saturated heterocycles. The van der Waals surface area contributed by atoms with Gasteiger partial charge in [-0.1, -0.05) is 41.9 Å². The zero-order valence-electron chi connectivity index (χ0n) is 19.7. The first-order chi connectivity index (χ1) is 16.3. The van der Waals surface area contributed by atoms with Crippen molar-refractivity contribution in [1.82, 2.24) is 14.7 Å². The number of nitrogens with zero attached hydrogens (tertiary/aromatic N) is 3. The van der Waals surface area contributed by atoms with Crippen molar-refractivity contribution >= 4 is 29.1 Å². The van der Waals surface area contributed by atoms with Crippen LogP contribution in [0.4, 0.5) is 5.69 Å². The lowest BCUT2D eigenvalue weighted by molar-refractivity contribution is -0.117. The highest BCUT2D eigenvalue weighted by Crippen LogP contribution is 2.26. The molecule has 0 saturated carbocycles. The number of rotatable bonds is 7. The van der Waals surface area contributed by atoms with Gasteiger partial charge in [0.05, 0.1) is 23.0 Å². The van der Waals surface area contributed by atoms with E-state index < -0.39 is 0 Å². The van der Waals surface area contributed by atoms with E-state index in [-0.39, 0.29) is 29.6 Å². The van der Waals surface area contributed by atoms with E-state index in [0.717, 1.165) is 35.3 Å². The molecule has 1 N–H and O–H groups in total. The third-order valence-electron chi connectivity index (χ3n) is 6.17. The molecule has 7 nitrogen and oxygen atoms in total. The highest BCUT2D eigenvalue weighted by molar-refractivity contribution is 6.33. The van der Waals surface area contributed by atoms with Crippen LogP contribution in [0, 0.1) is 20.8 Å². The molecule has 0 bridgehead atoms. The molecule has 2 heterocycles. The molecular weight excluding hydrogens is 452 g/mol. The molecule has 3 aromatic rings. The van der Waals surface area contributed by atoms with Gasteiger partial charge in [0.1, 0.15) is 11.7 Å². The van der Waals surface area contributed by atoms with Crippen LogP contribution >= 0.6 is 11.6 Å². The summed E-state index contributed by atoms with van der Waals surface area (Å²) in [7, 11) is 0. The summed E-state index contributed by atoms with van der Waals surface area (Å²) in [5, 5.41) is 7.66. The van der Waals surface area contributed by atoms with Gasteiger partial charge < -0.3 is 15.0 Å². The molecule has 178 valence electrons. The fraction of sp³-hybridized carbons (Fsp3) is 0.346. The van der Waals surface area contributed by atoms with Crippen LogP contribution in [0.3, 0.4) is 0 Å². The molecule has 1 aliphatic rings. The molecule has 1 fully saturated rings. The highest BCUT2D eigenvalue weighted by Gasteiger charge is 2.30. The van der Waals surface area contributed by atoms with Crippen molar-refractivity contribution < 1.29 is 14.3 Å². The summed E-state index contributed by atoms with van der Waals surface area (Å²) in [5.74, 6) is -0.611. The van der Waals surface area contributed by atoms with Gasteiger partial charge >= 0.3 is 0 Å². The summed E-state index contributed by atoms with van der Waals surface area (Å²) in [6.07, 6.45) is 1.67. The molecule has 0 aliphatic carbocycles. The van der Waals surface area contributed by atoms with Crippen LogP contribution in [-0.4, -0.2) is 52.3 Å². The Morgan fingerprint density at radius 1 is 1.15 bits per heavy atom. The van der Waals surface area contributed by atoms with Crippen molar-refractivity contribution in [3.8, 4) is 5.69 Å². The molecule has 1 atom stereocenters. The van der Waals surface area contributed by atoms with Gasteiger partial charge in [0.15, 0.2) is 0 Å². The number of amides is 2. The van der Waals surface area contributed by atoms with Crippen LogP contribution in [0.25, 0.3) is 5.69 Å². The second-order valence-electron chi connectivity index (χ2n) is 8.61. The van der Waals surface area contributed by atoms with Crippen LogP contribution in [0.15, 0.2) is 48.5 Å². The van der Waals surface area contributed by atoms with E-state index in [1.54, 1.807) is 11.6 Å². The molecule has 0 spiro atoms. The van der Waals surface area contributed by atoms with Gasteiger partial charge in [-0.15, -0.1) is 0 Å². The average Bonchev–Trinajstić information content (AvgIpc) is 3.44. The van der Waals surface area contributed by atoms with Crippen LogP contribution in [0.2, 0.25) is 5.15 Å². The normalized spacial score (nSPS) is 15.4. The SMILES string of the molecule is Cc1cccc(NC(=O)CN(C[C@@H]2CCCO2)C(=O)c2c(C)nn(-c3ccccc3)c2Cl)c1C. The van der Waals surface area contributed by atoms with E-state index >= 15 is 0 Å². The summed E-state index contributed by atoms with van der Waals surface area (Å²) in [5.41, 5.74) is 4.37. The third kappa shape index (κ3) is 5.16. The lowest BCUT2D eigenvalue weighted by atomic mass is 10.1. The number of hydrogen-bond donors (Lipinski definition) is 1. The monoisotopic (exact) mass is 480 g/mol. The number of carbonyl (C=O) groups is 2. The number of anilines is 1. The van der Waals surface area contributed by atoms with Crippen LogP contribution in [0.5, 0.6) is 0 Å². The molecule has 0 radical (unpaired) electrons. The Morgan fingerprint density at radius 3 is 2.62 bits per heavy atom. The van der Waals surface area contributed by atoms with Crippen molar-refractivity contribution in [3.63, 3.8) is 0 Å². The van der Waals surface area contributed by atoms with Gasteiger partial charge in [0.25, 0.3) is 5.91 Å². The van der Waals surface area contributed by atoms with Crippen molar-refractivity contribution in [2.45, 2.75) is 39.7 Å². The second-order valence-corrected chi connectivity index (χ2v) is 8.97. The molecule has 0 unspecified atom stereocenters. The molecule has 1 aliphatic heterocycles. The molecule has 8 heteroatoms. The van der Waals surface area contributed by atoms with Crippen LogP contribution in [-0.2, 0) is 9.53 Å². The van der Waals surface area contributed by atoms with Gasteiger partial charge in [-0.25, -0.2) is 4.68 Å². The summed E-state index contributed by atoms with van der Waals surface area (Å²) >= 11 is 6.65. The number of carbonyl (C=O) groups excluding carboxylic acids is 2. The first kappa shape index (κ1) is 24.0. The second kappa shape index (κ2) is 10.4. The molecule has 2 aromatic carbocycles. The quantitative estimate of drug-likeness (QED) is 0.531. The smallest absolute Gasteiger partial charge is 0.259 e. The molecule has 1 aromatic heterocycles. The Labute approximate surface area is 204 Å². The molecule has 4 rings (SSSR count). The average molecular weight is 481 g/mol. The maximum atomic E-state index is 13.7. The van der Waals surface area contributed by atoms with Gasteiger partial charge in [-0.2, -0.15) is 5.10 Å². The van der Waals surface area contributed by atoms with E-state index in [4.69, 9.17) is 16.3 Å². The number of aryl methyl sites for hydroxylation is 2. The minimum absolute atomic E-state index is 0.110. The number of aromatic nitrogens is 2. The van der Waals surface area contributed by atoms with Gasteiger partial charge in [-0.3, -0.25) is 9.59 Å². The number of nitrogens with one attached hydrogen (secondary N) is 1. The van der Waals surface area contributed by atoms with E-state index in [2.05, 4.69) is 10.4 Å². The van der Waals surface area contributed by atoms with Gasteiger partial charge in [0.2, 0.25) is 5.91 Å². The number of para-hydroxylation sites is 1. The third-order valence-corrected chi connectivity index (χ3v) is 6.52. The number of ether oxygens (including phenoxy) is 1. The highest BCUT2D eigenvalue weighted by atomic mass is 35.5. The Hall–Kier alpha value is -3.16. The predicted molar refractivity (Wildman–Crippen MR) is 133 cm³/mol. The first-order valence-corrected chi connectivity index (χ1v) is 11.8. The lowest BCUT2D eigenvalue weighted by Gasteiger charge is -2.25. The van der Waals surface area contributed by atoms with E-state index in [1.165, 1.54) is 4.90 Å². The number of hydrogen-bond acceptors (Lipinski definition) is 4. The van der Waals surface area contributed by atoms with Gasteiger partial charge in [0, 0.05) is 18.8 Å². The zero-order valence-corrected chi connectivity index (χ0v) is 20.4. The lowest BCUT2D eigenvalue weighted by Crippen LogP contribution is -2.42. The molecule has 2 amide bonds. The zero-order chi connectivity index (χ0) is 24.2. The van der Waals surface area contributed by atoms with E-state index in [9.17, 15) is 9.59 Å². The fourth-order valence-corrected chi connectivity index (χ4v) is 4.50. The minimum Gasteiger partial charge on any atom is -0.376 e. The maximum absolute atomic E-state index is 13.7. The van der Waals surface area contributed by atoms with E-state index in [0.29, 0.717) is 24.4 Å². The summed E-state index contributed by atoms with van der Waals surface area (Å²) in [6, 6.07) is 15.1. The Balaban J connectivity index is 1.59. The summed E-state index contributed by atoms with van der Waals surface area (Å²) in [4.78, 5) is 28.2. The van der Waals surface area contributed by atoms with Crippen molar-refractivity contribution in [2.75, 3.05) is 25.0 Å². The van der Waals surface area contributed by atoms with Crippen molar-refractivity contribution in [3.05, 3.63) is 76.1 Å². The topological polar surface area (TPSA) is 76.5 Å². The fourth-order valence-electron chi connectivity index (χ4n) is 4.14.